The molecule has 4 heteroatoms. The van der Waals surface area contributed by atoms with Crippen molar-refractivity contribution in [3.05, 3.63) is 30.1 Å². The van der Waals surface area contributed by atoms with Crippen LogP contribution in [0.3, 0.4) is 0 Å². The van der Waals surface area contributed by atoms with E-state index in [2.05, 4.69) is 10.1 Å². The van der Waals surface area contributed by atoms with E-state index in [4.69, 9.17) is 10.3 Å². The van der Waals surface area contributed by atoms with Gasteiger partial charge in [-0.05, 0) is 19.1 Å². The smallest absolute Gasteiger partial charge is 0.222 e. The van der Waals surface area contributed by atoms with E-state index >= 15 is 0 Å². The lowest BCUT2D eigenvalue weighted by atomic mass is 10.1. The van der Waals surface area contributed by atoms with Crippen molar-refractivity contribution in [2.75, 3.05) is 5.73 Å². The molecule has 2 rings (SSSR count). The fraction of sp³-hybridized carbons (Fsp3) is 0.111. The summed E-state index contributed by atoms with van der Waals surface area (Å²) < 4.78 is 4.77. The molecule has 0 aliphatic carbocycles. The minimum Gasteiger partial charge on any atom is -0.368 e. The van der Waals surface area contributed by atoms with Crippen LogP contribution in [0, 0.1) is 6.92 Å². The van der Waals surface area contributed by atoms with Gasteiger partial charge >= 0.3 is 0 Å². The number of nitrogens with zero attached hydrogens (tertiary/aromatic N) is 2. The first-order valence-corrected chi connectivity index (χ1v) is 3.91. The molecule has 0 bridgehead atoms. The summed E-state index contributed by atoms with van der Waals surface area (Å²) in [5.74, 6) is 0.318. The predicted molar refractivity (Wildman–Crippen MR) is 48.9 cm³/mol. The Hall–Kier alpha value is -1.84. The van der Waals surface area contributed by atoms with Crippen LogP contribution in [0.5, 0.6) is 0 Å². The van der Waals surface area contributed by atoms with Gasteiger partial charge in [0.25, 0.3) is 0 Å². The highest BCUT2D eigenvalue weighted by Gasteiger charge is 2.06. The fourth-order valence-electron chi connectivity index (χ4n) is 1.17. The zero-order valence-electron chi connectivity index (χ0n) is 7.19. The number of hydrogen-bond donors (Lipinski definition) is 1. The Balaban J connectivity index is 2.52. The van der Waals surface area contributed by atoms with Crippen LogP contribution in [0.15, 0.2) is 28.9 Å². The maximum absolute atomic E-state index is 5.42. The Morgan fingerprint density at radius 2 is 2.31 bits per heavy atom. The molecular weight excluding hydrogens is 166 g/mol. The van der Waals surface area contributed by atoms with Crippen molar-refractivity contribution in [1.29, 1.82) is 0 Å². The van der Waals surface area contributed by atoms with Gasteiger partial charge in [0.05, 0.1) is 0 Å². The van der Waals surface area contributed by atoms with E-state index in [1.165, 1.54) is 0 Å². The van der Waals surface area contributed by atoms with Gasteiger partial charge in [-0.3, -0.25) is 4.98 Å². The van der Waals surface area contributed by atoms with Crippen LogP contribution in [0.25, 0.3) is 11.3 Å². The Kier molecular flexibility index (Phi) is 1.73. The SMILES string of the molecule is Cc1ncccc1-c1cc(N)on1. The number of aryl methyl sites for hydroxylation is 1. The molecule has 0 saturated carbocycles. The van der Waals surface area contributed by atoms with E-state index in [-0.39, 0.29) is 0 Å². The van der Waals surface area contributed by atoms with Gasteiger partial charge in [-0.1, -0.05) is 5.16 Å². The quantitative estimate of drug-likeness (QED) is 0.715. The minimum atomic E-state index is 0.318. The number of pyridine rings is 1. The third-order valence-corrected chi connectivity index (χ3v) is 1.81. The lowest BCUT2D eigenvalue weighted by molar-refractivity contribution is 0.439. The summed E-state index contributed by atoms with van der Waals surface area (Å²) in [5.41, 5.74) is 8.00. The van der Waals surface area contributed by atoms with E-state index < -0.39 is 0 Å². The van der Waals surface area contributed by atoms with Gasteiger partial charge in [-0.25, -0.2) is 0 Å². The predicted octanol–water partition coefficient (Wildman–Crippen LogP) is 1.63. The molecule has 0 aliphatic heterocycles. The minimum absolute atomic E-state index is 0.318. The lowest BCUT2D eigenvalue weighted by Gasteiger charge is -1.97. The molecule has 2 heterocycles. The summed E-state index contributed by atoms with van der Waals surface area (Å²) in [6, 6.07) is 5.47. The van der Waals surface area contributed by atoms with Gasteiger partial charge in [0.2, 0.25) is 5.88 Å². The summed E-state index contributed by atoms with van der Waals surface area (Å²) in [5, 5.41) is 3.81. The van der Waals surface area contributed by atoms with Gasteiger partial charge in [-0.15, -0.1) is 0 Å². The molecule has 2 aromatic rings. The Morgan fingerprint density at radius 3 is 2.92 bits per heavy atom. The third-order valence-electron chi connectivity index (χ3n) is 1.81. The van der Waals surface area contributed by atoms with Crippen molar-refractivity contribution >= 4 is 5.88 Å². The number of hydrogen-bond acceptors (Lipinski definition) is 4. The van der Waals surface area contributed by atoms with E-state index in [0.29, 0.717) is 5.88 Å². The molecule has 13 heavy (non-hydrogen) atoms. The first-order chi connectivity index (χ1) is 6.27. The highest BCUT2D eigenvalue weighted by molar-refractivity contribution is 5.62. The topological polar surface area (TPSA) is 64.9 Å². The van der Waals surface area contributed by atoms with Gasteiger partial charge in [0.1, 0.15) is 5.69 Å². The molecule has 0 fully saturated rings. The lowest BCUT2D eigenvalue weighted by Crippen LogP contribution is -1.85. The largest absolute Gasteiger partial charge is 0.368 e. The van der Waals surface area contributed by atoms with Crippen molar-refractivity contribution in [2.45, 2.75) is 6.92 Å². The first kappa shape index (κ1) is 7.79. The second-order valence-electron chi connectivity index (χ2n) is 2.75. The molecule has 0 spiro atoms. The maximum Gasteiger partial charge on any atom is 0.222 e. The fourth-order valence-corrected chi connectivity index (χ4v) is 1.17. The Morgan fingerprint density at radius 1 is 1.46 bits per heavy atom. The van der Waals surface area contributed by atoms with E-state index in [1.54, 1.807) is 12.3 Å². The van der Waals surface area contributed by atoms with Crippen LogP contribution in [-0.2, 0) is 0 Å². The average Bonchev–Trinajstić information content (AvgIpc) is 2.53. The van der Waals surface area contributed by atoms with Crippen LogP contribution < -0.4 is 5.73 Å². The van der Waals surface area contributed by atoms with E-state index in [9.17, 15) is 0 Å². The van der Waals surface area contributed by atoms with Gasteiger partial charge < -0.3 is 10.3 Å². The Labute approximate surface area is 75.4 Å². The average molecular weight is 175 g/mol. The van der Waals surface area contributed by atoms with Gasteiger partial charge in [-0.2, -0.15) is 0 Å². The molecular formula is C9H9N3O. The van der Waals surface area contributed by atoms with Crippen molar-refractivity contribution in [3.63, 3.8) is 0 Å². The van der Waals surface area contributed by atoms with Crippen molar-refractivity contribution < 1.29 is 4.52 Å². The number of nitrogen functional groups attached to an aromatic ring is 1. The van der Waals surface area contributed by atoms with Crippen LogP contribution >= 0.6 is 0 Å². The van der Waals surface area contributed by atoms with Crippen molar-refractivity contribution in [1.82, 2.24) is 10.1 Å². The number of aromatic nitrogens is 2. The van der Waals surface area contributed by atoms with Crippen LogP contribution in [0.4, 0.5) is 5.88 Å². The van der Waals surface area contributed by atoms with E-state index in [1.807, 2.05) is 19.1 Å². The summed E-state index contributed by atoms with van der Waals surface area (Å²) in [6.45, 7) is 1.92. The summed E-state index contributed by atoms with van der Waals surface area (Å²) in [4.78, 5) is 4.14. The van der Waals surface area contributed by atoms with Crippen LogP contribution in [0.1, 0.15) is 5.69 Å². The van der Waals surface area contributed by atoms with Crippen LogP contribution in [0.2, 0.25) is 0 Å². The third kappa shape index (κ3) is 1.38. The summed E-state index contributed by atoms with van der Waals surface area (Å²) in [7, 11) is 0. The molecule has 2 aromatic heterocycles. The highest BCUT2D eigenvalue weighted by Crippen LogP contribution is 2.21. The zero-order valence-corrected chi connectivity index (χ0v) is 7.19. The number of rotatable bonds is 1. The molecule has 0 aromatic carbocycles. The highest BCUT2D eigenvalue weighted by atomic mass is 16.5. The first-order valence-electron chi connectivity index (χ1n) is 3.91. The van der Waals surface area contributed by atoms with Gasteiger partial charge in [0.15, 0.2) is 0 Å². The van der Waals surface area contributed by atoms with Crippen molar-refractivity contribution in [2.24, 2.45) is 0 Å². The molecule has 0 unspecified atom stereocenters. The molecule has 0 amide bonds. The second-order valence-corrected chi connectivity index (χ2v) is 2.75. The normalized spacial score (nSPS) is 10.2. The maximum atomic E-state index is 5.42. The molecule has 0 saturated heterocycles. The Bertz CT molecular complexity index is 422. The molecule has 0 radical (unpaired) electrons. The standard InChI is InChI=1S/C9H9N3O/c1-6-7(3-2-4-11-6)8-5-9(10)13-12-8/h2-5H,10H2,1H3. The summed E-state index contributed by atoms with van der Waals surface area (Å²) in [6.07, 6.45) is 1.74. The molecule has 0 atom stereocenters. The zero-order chi connectivity index (χ0) is 9.26. The van der Waals surface area contributed by atoms with Crippen molar-refractivity contribution in [3.8, 4) is 11.3 Å². The van der Waals surface area contributed by atoms with Gasteiger partial charge in [0, 0.05) is 23.5 Å². The number of anilines is 1. The molecule has 2 N–H and O–H groups in total. The number of nitrogens with two attached hydrogens (primary N) is 1. The monoisotopic (exact) mass is 175 g/mol. The summed E-state index contributed by atoms with van der Waals surface area (Å²) >= 11 is 0. The van der Waals surface area contributed by atoms with E-state index in [0.717, 1.165) is 17.0 Å². The second kappa shape index (κ2) is 2.90. The molecule has 66 valence electrons. The van der Waals surface area contributed by atoms with Crippen LogP contribution in [-0.4, -0.2) is 10.1 Å². The molecule has 0 aliphatic rings. The molecule has 4 nitrogen and oxygen atoms in total.